The van der Waals surface area contributed by atoms with Crippen molar-refractivity contribution in [2.45, 2.75) is 59.5 Å². The molecule has 1 atom stereocenters. The lowest BCUT2D eigenvalue weighted by Crippen LogP contribution is -2.33. The van der Waals surface area contributed by atoms with E-state index < -0.39 is 0 Å². The molecule has 0 bridgehead atoms. The Hall–Kier alpha value is -3.35. The zero-order valence-electron chi connectivity index (χ0n) is 19.9. The molecule has 7 heteroatoms. The van der Waals surface area contributed by atoms with Crippen LogP contribution in [0.2, 0.25) is 0 Å². The van der Waals surface area contributed by atoms with Gasteiger partial charge in [0.25, 0.3) is 5.91 Å². The van der Waals surface area contributed by atoms with Crippen LogP contribution in [0.3, 0.4) is 0 Å². The molecule has 0 saturated carbocycles. The number of nitrogens with one attached hydrogen (secondary N) is 1. The molecular formula is C26H31N5O2. The number of imide groups is 1. The number of aryl methyl sites for hydroxylation is 1. The van der Waals surface area contributed by atoms with Crippen LogP contribution in [-0.2, 0) is 16.1 Å². The molecule has 172 valence electrons. The first-order valence-electron chi connectivity index (χ1n) is 11.8. The quantitative estimate of drug-likeness (QED) is 0.620. The number of amides is 2. The summed E-state index contributed by atoms with van der Waals surface area (Å²) >= 11 is 0. The summed E-state index contributed by atoms with van der Waals surface area (Å²) in [6, 6.07) is 8.42. The van der Waals surface area contributed by atoms with E-state index in [4.69, 9.17) is 0 Å². The Morgan fingerprint density at radius 1 is 1.21 bits per heavy atom. The van der Waals surface area contributed by atoms with Crippen LogP contribution in [0.25, 0.3) is 10.9 Å². The van der Waals surface area contributed by atoms with Crippen molar-refractivity contribution in [3.05, 3.63) is 59.2 Å². The first kappa shape index (κ1) is 21.5. The summed E-state index contributed by atoms with van der Waals surface area (Å²) in [7, 11) is 0. The van der Waals surface area contributed by atoms with Crippen LogP contribution >= 0.6 is 0 Å². The SMILES string of the molecule is CC(=O)N1CC2=C(C1=O)C(c1ccnn1C(C)C)c1cn(CCC(C)C)c3cccc(c13)N2. The first-order valence-corrected chi connectivity index (χ1v) is 11.8. The Kier molecular flexibility index (Phi) is 5.15. The Morgan fingerprint density at radius 2 is 2.00 bits per heavy atom. The Bertz CT molecular complexity index is 1290. The molecule has 0 radical (unpaired) electrons. The fourth-order valence-corrected chi connectivity index (χ4v) is 5.15. The molecule has 0 aliphatic carbocycles. The van der Waals surface area contributed by atoms with Crippen LogP contribution in [0.4, 0.5) is 5.69 Å². The summed E-state index contributed by atoms with van der Waals surface area (Å²) in [5.74, 6) is -0.171. The number of benzene rings is 1. The normalized spacial score (nSPS) is 17.8. The molecule has 7 nitrogen and oxygen atoms in total. The number of nitrogens with zero attached hydrogens (tertiary/aromatic N) is 4. The van der Waals surface area contributed by atoms with Crippen LogP contribution in [-0.4, -0.2) is 37.6 Å². The lowest BCUT2D eigenvalue weighted by Gasteiger charge is -2.21. The number of aromatic nitrogens is 3. The molecule has 0 fully saturated rings. The average molecular weight is 446 g/mol. The molecule has 2 aromatic heterocycles. The molecular weight excluding hydrogens is 414 g/mol. The van der Waals surface area contributed by atoms with E-state index in [1.54, 1.807) is 6.20 Å². The van der Waals surface area contributed by atoms with Crippen molar-refractivity contribution in [2.75, 3.05) is 11.9 Å². The second-order valence-electron chi connectivity index (χ2n) is 9.82. The number of carbonyl (C=O) groups excluding carboxylic acids is 2. The van der Waals surface area contributed by atoms with Crippen molar-refractivity contribution in [3.63, 3.8) is 0 Å². The van der Waals surface area contributed by atoms with Gasteiger partial charge in [-0.1, -0.05) is 19.9 Å². The van der Waals surface area contributed by atoms with Gasteiger partial charge in [-0.25, -0.2) is 0 Å². The Labute approximate surface area is 194 Å². The molecule has 5 rings (SSSR count). The zero-order chi connectivity index (χ0) is 23.4. The van der Waals surface area contributed by atoms with E-state index in [0.717, 1.165) is 46.5 Å². The molecule has 1 N–H and O–H groups in total. The van der Waals surface area contributed by atoms with E-state index in [2.05, 4.69) is 67.1 Å². The van der Waals surface area contributed by atoms with Crippen molar-refractivity contribution in [1.82, 2.24) is 19.2 Å². The number of rotatable bonds is 5. The summed E-state index contributed by atoms with van der Waals surface area (Å²) in [5.41, 5.74) is 5.64. The Balaban J connectivity index is 1.77. The highest BCUT2D eigenvalue weighted by Gasteiger charge is 2.42. The standard InChI is InChI=1S/C26H31N5O2/c1-15(2)10-12-29-13-18-23-19(7-6-8-21(23)29)28-20-14-30(17(5)32)26(33)25(20)24(18)22-9-11-27-31(22)16(3)4/h6-9,11,13,15-16,24,28H,10,12,14H2,1-5H3. The molecule has 1 unspecified atom stereocenters. The van der Waals surface area contributed by atoms with E-state index in [0.29, 0.717) is 11.5 Å². The summed E-state index contributed by atoms with van der Waals surface area (Å²) < 4.78 is 4.30. The minimum absolute atomic E-state index is 0.143. The van der Waals surface area contributed by atoms with Crippen LogP contribution in [0.15, 0.2) is 47.9 Å². The fraction of sp³-hybridized carbons (Fsp3) is 0.423. The summed E-state index contributed by atoms with van der Waals surface area (Å²) in [5, 5.41) is 9.26. The third-order valence-corrected chi connectivity index (χ3v) is 6.75. The topological polar surface area (TPSA) is 72.2 Å². The van der Waals surface area contributed by atoms with Crippen LogP contribution < -0.4 is 5.32 Å². The Morgan fingerprint density at radius 3 is 2.70 bits per heavy atom. The minimum atomic E-state index is -0.305. The van der Waals surface area contributed by atoms with Gasteiger partial charge in [-0.05, 0) is 49.9 Å². The average Bonchev–Trinajstić information content (AvgIpc) is 3.43. The molecule has 2 aliphatic rings. The molecule has 4 heterocycles. The van der Waals surface area contributed by atoms with E-state index in [9.17, 15) is 9.59 Å². The van der Waals surface area contributed by atoms with E-state index in [-0.39, 0.29) is 30.3 Å². The number of hydrogen-bond donors (Lipinski definition) is 1. The highest BCUT2D eigenvalue weighted by Crippen LogP contribution is 2.46. The number of anilines is 1. The lowest BCUT2D eigenvalue weighted by molar-refractivity contribution is -0.139. The second kappa shape index (κ2) is 7.90. The van der Waals surface area contributed by atoms with Gasteiger partial charge < -0.3 is 9.88 Å². The highest BCUT2D eigenvalue weighted by atomic mass is 16.2. The van der Waals surface area contributed by atoms with Crippen molar-refractivity contribution in [2.24, 2.45) is 5.92 Å². The smallest absolute Gasteiger partial charge is 0.259 e. The molecule has 0 spiro atoms. The predicted octanol–water partition coefficient (Wildman–Crippen LogP) is 4.67. The van der Waals surface area contributed by atoms with Crippen molar-refractivity contribution >= 4 is 28.4 Å². The zero-order valence-corrected chi connectivity index (χ0v) is 19.9. The maximum Gasteiger partial charge on any atom is 0.259 e. The van der Waals surface area contributed by atoms with Gasteiger partial charge >= 0.3 is 0 Å². The van der Waals surface area contributed by atoms with Gasteiger partial charge in [-0.2, -0.15) is 5.10 Å². The predicted molar refractivity (Wildman–Crippen MR) is 129 cm³/mol. The summed E-state index contributed by atoms with van der Waals surface area (Å²) in [6.45, 7) is 11.3. The maximum atomic E-state index is 13.6. The third kappa shape index (κ3) is 3.37. The van der Waals surface area contributed by atoms with Gasteiger partial charge in [0, 0.05) is 48.7 Å². The molecule has 33 heavy (non-hydrogen) atoms. The number of carbonyl (C=O) groups is 2. The minimum Gasteiger partial charge on any atom is -0.356 e. The van der Waals surface area contributed by atoms with Gasteiger partial charge in [-0.15, -0.1) is 0 Å². The fourth-order valence-electron chi connectivity index (χ4n) is 5.15. The van der Waals surface area contributed by atoms with E-state index in [1.807, 2.05) is 10.7 Å². The van der Waals surface area contributed by atoms with Gasteiger partial charge in [-0.3, -0.25) is 19.2 Å². The molecule has 3 aromatic rings. The van der Waals surface area contributed by atoms with Crippen molar-refractivity contribution in [3.8, 4) is 0 Å². The van der Waals surface area contributed by atoms with E-state index in [1.165, 1.54) is 11.8 Å². The van der Waals surface area contributed by atoms with Crippen LogP contribution in [0.1, 0.15) is 64.3 Å². The van der Waals surface area contributed by atoms with Gasteiger partial charge in [0.15, 0.2) is 0 Å². The molecule has 1 aromatic carbocycles. The third-order valence-electron chi connectivity index (χ3n) is 6.75. The summed E-state index contributed by atoms with van der Waals surface area (Å²) in [4.78, 5) is 27.2. The van der Waals surface area contributed by atoms with Crippen molar-refractivity contribution < 1.29 is 9.59 Å². The van der Waals surface area contributed by atoms with Crippen LogP contribution in [0.5, 0.6) is 0 Å². The van der Waals surface area contributed by atoms with Gasteiger partial charge in [0.1, 0.15) is 0 Å². The highest BCUT2D eigenvalue weighted by molar-refractivity contribution is 6.11. The first-order chi connectivity index (χ1) is 15.8. The van der Waals surface area contributed by atoms with Crippen molar-refractivity contribution in [1.29, 1.82) is 0 Å². The molecule has 2 amide bonds. The monoisotopic (exact) mass is 445 g/mol. The number of hydrogen-bond acceptors (Lipinski definition) is 4. The molecule has 2 aliphatic heterocycles. The molecule has 0 saturated heterocycles. The summed E-state index contributed by atoms with van der Waals surface area (Å²) in [6.07, 6.45) is 5.08. The van der Waals surface area contributed by atoms with Crippen LogP contribution in [0, 0.1) is 5.92 Å². The maximum absolute atomic E-state index is 13.6. The largest absolute Gasteiger partial charge is 0.356 e. The lowest BCUT2D eigenvalue weighted by atomic mass is 9.87. The van der Waals surface area contributed by atoms with E-state index >= 15 is 0 Å². The van der Waals surface area contributed by atoms with Gasteiger partial charge in [0.2, 0.25) is 5.91 Å². The second-order valence-corrected chi connectivity index (χ2v) is 9.82. The van der Waals surface area contributed by atoms with Gasteiger partial charge in [0.05, 0.1) is 29.2 Å².